The van der Waals surface area contributed by atoms with Crippen molar-refractivity contribution in [2.45, 2.75) is 207 Å². The normalized spacial score (nSPS) is 13.6. The SMILES string of the molecule is CC/C=C\C/C=C\C/C=C\C/C=C\C/C=C\C/C=C\C/C=C\C/C=C\CCCCC(=O)OCC(COC(=O)CC/C=C\C/C=C\C/C=C\C/C=C\CC)OC(=O)CCCCCC/C=C\C/C=C\C/C=C\C/C=C\CC. The Bertz CT molecular complexity index is 1850. The van der Waals surface area contributed by atoms with Crippen LogP contribution in [-0.2, 0) is 28.6 Å². The summed E-state index contributed by atoms with van der Waals surface area (Å²) in [4.78, 5) is 38.1. The molecule has 0 saturated carbocycles. The zero-order chi connectivity index (χ0) is 54.3. The average molecular weight is 1030 g/mol. The van der Waals surface area contributed by atoms with Gasteiger partial charge in [0.1, 0.15) is 13.2 Å². The molecule has 0 aromatic carbocycles. The molecule has 6 nitrogen and oxygen atoms in total. The summed E-state index contributed by atoms with van der Waals surface area (Å²) in [5, 5.41) is 0. The third-order valence-corrected chi connectivity index (χ3v) is 11.1. The van der Waals surface area contributed by atoms with Gasteiger partial charge in [-0.25, -0.2) is 0 Å². The first kappa shape index (κ1) is 69.2. The van der Waals surface area contributed by atoms with Crippen molar-refractivity contribution in [1.29, 1.82) is 0 Å². The van der Waals surface area contributed by atoms with Crippen molar-refractivity contribution < 1.29 is 28.6 Å². The molecule has 0 heterocycles. The van der Waals surface area contributed by atoms with Crippen LogP contribution in [0.5, 0.6) is 0 Å². The number of allylic oxidation sites excluding steroid dienone is 32. The molecule has 0 bridgehead atoms. The fraction of sp³-hybridized carbons (Fsp3) is 0.493. The molecule has 0 saturated heterocycles. The number of carbonyl (C=O) groups excluding carboxylic acids is 3. The Labute approximate surface area is 458 Å². The molecule has 75 heavy (non-hydrogen) atoms. The number of carbonyl (C=O) groups is 3. The monoisotopic (exact) mass is 1030 g/mol. The molecule has 0 spiro atoms. The van der Waals surface area contributed by atoms with Crippen LogP contribution in [0.2, 0.25) is 0 Å². The lowest BCUT2D eigenvalue weighted by Gasteiger charge is -2.18. The van der Waals surface area contributed by atoms with Crippen LogP contribution in [0, 0.1) is 0 Å². The molecule has 0 rings (SSSR count). The van der Waals surface area contributed by atoms with Gasteiger partial charge in [-0.1, -0.05) is 228 Å². The highest BCUT2D eigenvalue weighted by Gasteiger charge is 2.19. The molecule has 6 heteroatoms. The van der Waals surface area contributed by atoms with Crippen LogP contribution in [-0.4, -0.2) is 37.2 Å². The van der Waals surface area contributed by atoms with Gasteiger partial charge in [-0.3, -0.25) is 14.4 Å². The Morgan fingerprint density at radius 3 is 0.840 bits per heavy atom. The van der Waals surface area contributed by atoms with E-state index in [0.29, 0.717) is 19.3 Å². The fourth-order valence-electron chi connectivity index (χ4n) is 6.87. The van der Waals surface area contributed by atoms with Gasteiger partial charge >= 0.3 is 17.9 Å². The Morgan fingerprint density at radius 1 is 0.267 bits per heavy atom. The Hall–Kier alpha value is -5.75. The van der Waals surface area contributed by atoms with Gasteiger partial charge < -0.3 is 14.2 Å². The first-order valence-electron chi connectivity index (χ1n) is 28.9. The van der Waals surface area contributed by atoms with Gasteiger partial charge in [0.15, 0.2) is 6.10 Å². The summed E-state index contributed by atoms with van der Waals surface area (Å²) in [6.07, 6.45) is 93.0. The van der Waals surface area contributed by atoms with E-state index in [1.54, 1.807) is 0 Å². The third kappa shape index (κ3) is 59.0. The summed E-state index contributed by atoms with van der Waals surface area (Å²) in [5.74, 6) is -1.11. The van der Waals surface area contributed by atoms with E-state index in [2.05, 4.69) is 203 Å². The highest BCUT2D eigenvalue weighted by atomic mass is 16.6. The number of rotatable bonds is 49. The number of unbranched alkanes of at least 4 members (excludes halogenated alkanes) is 6. The number of hydrogen-bond acceptors (Lipinski definition) is 6. The van der Waals surface area contributed by atoms with Crippen molar-refractivity contribution >= 4 is 17.9 Å². The maximum Gasteiger partial charge on any atom is 0.306 e. The van der Waals surface area contributed by atoms with Crippen LogP contribution in [0.4, 0.5) is 0 Å². The molecule has 0 radical (unpaired) electrons. The number of ether oxygens (including phenoxy) is 3. The lowest BCUT2D eigenvalue weighted by Crippen LogP contribution is -2.30. The van der Waals surface area contributed by atoms with Crippen molar-refractivity contribution in [3.8, 4) is 0 Å². The minimum Gasteiger partial charge on any atom is -0.462 e. The summed E-state index contributed by atoms with van der Waals surface area (Å²) in [6.45, 7) is 6.14. The van der Waals surface area contributed by atoms with Crippen molar-refractivity contribution in [3.63, 3.8) is 0 Å². The molecule has 0 aliphatic rings. The number of hydrogen-bond donors (Lipinski definition) is 0. The van der Waals surface area contributed by atoms with Gasteiger partial charge in [0.05, 0.1) is 0 Å². The molecule has 0 fully saturated rings. The van der Waals surface area contributed by atoms with E-state index in [0.717, 1.165) is 141 Å². The zero-order valence-corrected chi connectivity index (χ0v) is 47.2. The molecular formula is C69H102O6. The van der Waals surface area contributed by atoms with Gasteiger partial charge in [-0.05, 0) is 148 Å². The molecule has 0 N–H and O–H groups in total. The van der Waals surface area contributed by atoms with Gasteiger partial charge in [-0.15, -0.1) is 0 Å². The lowest BCUT2D eigenvalue weighted by molar-refractivity contribution is -0.166. The predicted octanol–water partition coefficient (Wildman–Crippen LogP) is 19.9. The lowest BCUT2D eigenvalue weighted by atomic mass is 10.1. The maximum absolute atomic E-state index is 12.8. The van der Waals surface area contributed by atoms with E-state index in [1.165, 1.54) is 0 Å². The highest BCUT2D eigenvalue weighted by molar-refractivity contribution is 5.71. The molecule has 0 aromatic rings. The van der Waals surface area contributed by atoms with E-state index in [4.69, 9.17) is 14.2 Å². The maximum atomic E-state index is 12.8. The second-order valence-corrected chi connectivity index (χ2v) is 18.0. The topological polar surface area (TPSA) is 78.9 Å². The van der Waals surface area contributed by atoms with Gasteiger partial charge in [-0.2, -0.15) is 0 Å². The van der Waals surface area contributed by atoms with E-state index in [-0.39, 0.29) is 50.4 Å². The molecule has 0 aromatic heterocycles. The van der Waals surface area contributed by atoms with Crippen molar-refractivity contribution in [1.82, 2.24) is 0 Å². The minimum atomic E-state index is -0.851. The first-order chi connectivity index (χ1) is 37.0. The largest absolute Gasteiger partial charge is 0.462 e. The molecule has 1 atom stereocenters. The second-order valence-electron chi connectivity index (χ2n) is 18.0. The Morgan fingerprint density at radius 2 is 0.507 bits per heavy atom. The zero-order valence-electron chi connectivity index (χ0n) is 47.2. The summed E-state index contributed by atoms with van der Waals surface area (Å²) in [7, 11) is 0. The summed E-state index contributed by atoms with van der Waals surface area (Å²) >= 11 is 0. The average Bonchev–Trinajstić information content (AvgIpc) is 3.41. The first-order valence-corrected chi connectivity index (χ1v) is 28.9. The number of esters is 3. The molecule has 0 aliphatic heterocycles. The summed E-state index contributed by atoms with van der Waals surface area (Å²) in [5.41, 5.74) is 0. The standard InChI is InChI=1S/C69H102O6/c1-4-7-10-13-16-19-22-25-27-29-30-31-32-33-34-35-36-37-38-40-41-44-47-50-53-56-59-62-68(71)74-65-66(64-73-67(70)61-58-55-52-49-46-43-24-21-18-15-12-9-6-3)75-69(72)63-60-57-54-51-48-45-42-39-28-26-23-20-17-14-11-8-5-2/h7-12,16-21,25-28,30-31,33-34,36-37,40-43,45-47,50,52,55,66H,4-6,13-15,22-24,29,32,35,38-39,44,48-49,51,53-54,56-65H2,1-3H3/b10-7-,11-8-,12-9-,19-16-,20-17-,21-18-,27-25-,28-26-,31-30-,34-33-,37-36-,41-40-,45-42-,46-43-,50-47-,55-52-. The Balaban J connectivity index is 4.56. The Kier molecular flexibility index (Phi) is 56.1. The smallest absolute Gasteiger partial charge is 0.306 e. The summed E-state index contributed by atoms with van der Waals surface area (Å²) in [6, 6.07) is 0. The van der Waals surface area contributed by atoms with Crippen molar-refractivity contribution in [3.05, 3.63) is 194 Å². The van der Waals surface area contributed by atoms with E-state index < -0.39 is 6.10 Å². The van der Waals surface area contributed by atoms with Crippen LogP contribution in [0.25, 0.3) is 0 Å². The molecule has 0 amide bonds. The molecular weight excluding hydrogens is 925 g/mol. The fourth-order valence-corrected chi connectivity index (χ4v) is 6.87. The van der Waals surface area contributed by atoms with Crippen molar-refractivity contribution in [2.75, 3.05) is 13.2 Å². The van der Waals surface area contributed by atoms with Gasteiger partial charge in [0, 0.05) is 19.3 Å². The van der Waals surface area contributed by atoms with Crippen molar-refractivity contribution in [2.24, 2.45) is 0 Å². The highest BCUT2D eigenvalue weighted by Crippen LogP contribution is 2.11. The summed E-state index contributed by atoms with van der Waals surface area (Å²) < 4.78 is 16.7. The van der Waals surface area contributed by atoms with Crippen LogP contribution in [0.15, 0.2) is 194 Å². The van der Waals surface area contributed by atoms with E-state index in [9.17, 15) is 14.4 Å². The van der Waals surface area contributed by atoms with E-state index >= 15 is 0 Å². The molecule has 1 unspecified atom stereocenters. The van der Waals surface area contributed by atoms with Crippen LogP contribution < -0.4 is 0 Å². The van der Waals surface area contributed by atoms with Crippen LogP contribution >= 0.6 is 0 Å². The quantitative estimate of drug-likeness (QED) is 0.0261. The van der Waals surface area contributed by atoms with E-state index in [1.807, 2.05) is 12.2 Å². The van der Waals surface area contributed by atoms with Crippen LogP contribution in [0.1, 0.15) is 201 Å². The third-order valence-electron chi connectivity index (χ3n) is 11.1. The second kappa shape index (κ2) is 60.8. The minimum absolute atomic E-state index is 0.144. The predicted molar refractivity (Wildman–Crippen MR) is 324 cm³/mol. The molecule has 0 aliphatic carbocycles. The van der Waals surface area contributed by atoms with Gasteiger partial charge in [0.2, 0.25) is 0 Å². The van der Waals surface area contributed by atoms with Gasteiger partial charge in [0.25, 0.3) is 0 Å². The molecule has 414 valence electrons. The van der Waals surface area contributed by atoms with Crippen LogP contribution in [0.3, 0.4) is 0 Å².